The minimum absolute atomic E-state index is 0.113. The zero-order chi connectivity index (χ0) is 18.4. The van der Waals surface area contributed by atoms with Crippen LogP contribution in [0.5, 0.6) is 0 Å². The van der Waals surface area contributed by atoms with Gasteiger partial charge in [0.25, 0.3) is 0 Å². The van der Waals surface area contributed by atoms with Gasteiger partial charge in [0.05, 0.1) is 24.9 Å². The van der Waals surface area contributed by atoms with Gasteiger partial charge in [-0.15, -0.1) is 11.3 Å². The zero-order valence-corrected chi connectivity index (χ0v) is 15.8. The van der Waals surface area contributed by atoms with Gasteiger partial charge >= 0.3 is 5.97 Å². The molecule has 2 heterocycles. The molecular weight excluding hydrogens is 342 g/mol. The van der Waals surface area contributed by atoms with Gasteiger partial charge in [0.15, 0.2) is 5.96 Å². The molecule has 0 spiro atoms. The van der Waals surface area contributed by atoms with E-state index in [1.807, 2.05) is 14.0 Å². The number of guanidine groups is 1. The molecule has 0 saturated carbocycles. The molecule has 2 aromatic heterocycles. The number of esters is 1. The molecule has 2 rings (SSSR count). The summed E-state index contributed by atoms with van der Waals surface area (Å²) in [6.07, 6.45) is 1.51. The first kappa shape index (κ1) is 18.8. The molecular formula is C15H23N7O2S. The van der Waals surface area contributed by atoms with Gasteiger partial charge in [0.1, 0.15) is 22.0 Å². The number of hydrogen-bond acceptors (Lipinski definition) is 7. The highest BCUT2D eigenvalue weighted by Crippen LogP contribution is 2.24. The Kier molecular flexibility index (Phi) is 6.45. The van der Waals surface area contributed by atoms with Crippen molar-refractivity contribution in [1.82, 2.24) is 30.4 Å². The fourth-order valence-electron chi connectivity index (χ4n) is 2.09. The number of rotatable bonds is 6. The molecule has 0 aliphatic heterocycles. The van der Waals surface area contributed by atoms with E-state index in [1.54, 1.807) is 25.6 Å². The fourth-order valence-corrected chi connectivity index (χ4v) is 3.06. The smallest absolute Gasteiger partial charge is 0.350 e. The first-order valence-electron chi connectivity index (χ1n) is 7.90. The number of hydrogen-bond donors (Lipinski definition) is 2. The molecule has 9 nitrogen and oxygen atoms in total. The van der Waals surface area contributed by atoms with Crippen molar-refractivity contribution in [2.24, 2.45) is 12.0 Å². The van der Waals surface area contributed by atoms with Gasteiger partial charge in [-0.2, -0.15) is 5.10 Å². The van der Waals surface area contributed by atoms with Crippen molar-refractivity contribution in [3.8, 4) is 0 Å². The van der Waals surface area contributed by atoms with Gasteiger partial charge in [-0.1, -0.05) is 0 Å². The lowest BCUT2D eigenvalue weighted by atomic mass is 10.3. The van der Waals surface area contributed by atoms with E-state index in [-0.39, 0.29) is 12.0 Å². The van der Waals surface area contributed by atoms with Gasteiger partial charge < -0.3 is 15.4 Å². The van der Waals surface area contributed by atoms with Crippen LogP contribution in [0.2, 0.25) is 0 Å². The van der Waals surface area contributed by atoms with Crippen LogP contribution in [0.4, 0.5) is 0 Å². The topological polar surface area (TPSA) is 106 Å². The third kappa shape index (κ3) is 4.75. The zero-order valence-electron chi connectivity index (χ0n) is 15.0. The number of nitrogens with zero attached hydrogens (tertiary/aromatic N) is 5. The van der Waals surface area contributed by atoms with Crippen molar-refractivity contribution in [3.05, 3.63) is 27.7 Å². The first-order valence-corrected chi connectivity index (χ1v) is 8.72. The molecule has 1 atom stereocenters. The van der Waals surface area contributed by atoms with Crippen LogP contribution in [0.25, 0.3) is 0 Å². The summed E-state index contributed by atoms with van der Waals surface area (Å²) in [5.74, 6) is 1.08. The van der Waals surface area contributed by atoms with Crippen molar-refractivity contribution in [1.29, 1.82) is 0 Å². The minimum atomic E-state index is -0.333. The number of carbonyl (C=O) groups excluding carboxylic acids is 1. The highest BCUT2D eigenvalue weighted by Gasteiger charge is 2.20. The maximum Gasteiger partial charge on any atom is 0.350 e. The van der Waals surface area contributed by atoms with Crippen molar-refractivity contribution < 1.29 is 9.53 Å². The van der Waals surface area contributed by atoms with Crippen molar-refractivity contribution in [2.75, 3.05) is 13.7 Å². The molecule has 25 heavy (non-hydrogen) atoms. The van der Waals surface area contributed by atoms with E-state index in [1.165, 1.54) is 17.7 Å². The van der Waals surface area contributed by atoms with Crippen LogP contribution >= 0.6 is 11.3 Å². The van der Waals surface area contributed by atoms with Gasteiger partial charge in [-0.05, 0) is 20.8 Å². The fraction of sp³-hybridized carbons (Fsp3) is 0.533. The van der Waals surface area contributed by atoms with Gasteiger partial charge in [0.2, 0.25) is 0 Å². The minimum Gasteiger partial charge on any atom is -0.462 e. The maximum atomic E-state index is 11.9. The summed E-state index contributed by atoms with van der Waals surface area (Å²) >= 11 is 1.33. The monoisotopic (exact) mass is 365 g/mol. The third-order valence-electron chi connectivity index (χ3n) is 3.44. The summed E-state index contributed by atoms with van der Waals surface area (Å²) in [6.45, 7) is 6.39. The molecule has 2 N–H and O–H groups in total. The Labute approximate surface area is 150 Å². The second-order valence-electron chi connectivity index (χ2n) is 5.28. The largest absolute Gasteiger partial charge is 0.462 e. The van der Waals surface area contributed by atoms with Crippen LogP contribution in [-0.4, -0.2) is 45.3 Å². The Hall–Kier alpha value is -2.49. The third-order valence-corrected chi connectivity index (χ3v) is 4.76. The molecule has 0 aliphatic carbocycles. The lowest BCUT2D eigenvalue weighted by Gasteiger charge is -2.15. The lowest BCUT2D eigenvalue weighted by Crippen LogP contribution is -2.38. The van der Waals surface area contributed by atoms with Gasteiger partial charge in [0, 0.05) is 14.1 Å². The molecule has 0 amide bonds. The van der Waals surface area contributed by atoms with E-state index in [9.17, 15) is 4.79 Å². The van der Waals surface area contributed by atoms with E-state index in [2.05, 4.69) is 30.7 Å². The predicted molar refractivity (Wildman–Crippen MR) is 95.6 cm³/mol. The summed E-state index contributed by atoms with van der Waals surface area (Å²) in [7, 11) is 3.52. The SMILES string of the molecule is CCOC(=O)c1sc(C(C)NC(=NC)NCc2ncnn2C)nc1C. The van der Waals surface area contributed by atoms with E-state index >= 15 is 0 Å². The molecule has 0 fully saturated rings. The predicted octanol–water partition coefficient (Wildman–Crippen LogP) is 1.18. The highest BCUT2D eigenvalue weighted by atomic mass is 32.1. The van der Waals surface area contributed by atoms with Gasteiger partial charge in [-0.3, -0.25) is 9.67 Å². The second-order valence-corrected chi connectivity index (χ2v) is 6.31. The Morgan fingerprint density at radius 1 is 1.52 bits per heavy atom. The number of ether oxygens (including phenoxy) is 1. The van der Waals surface area contributed by atoms with E-state index in [0.29, 0.717) is 29.7 Å². The Morgan fingerprint density at radius 3 is 2.88 bits per heavy atom. The molecule has 1 unspecified atom stereocenters. The van der Waals surface area contributed by atoms with E-state index < -0.39 is 0 Å². The number of thiazole rings is 1. The standard InChI is InChI=1S/C15H23N7O2S/c1-6-24-14(23)12-9(2)20-13(25-12)10(3)21-15(16-4)17-7-11-18-8-19-22(11)5/h8,10H,6-7H2,1-5H3,(H2,16,17,21). The van der Waals surface area contributed by atoms with Crippen LogP contribution in [0.15, 0.2) is 11.3 Å². The number of aromatic nitrogens is 4. The molecule has 2 aromatic rings. The summed E-state index contributed by atoms with van der Waals surface area (Å²) in [5.41, 5.74) is 0.675. The summed E-state index contributed by atoms with van der Waals surface area (Å²) in [6, 6.07) is -0.113. The maximum absolute atomic E-state index is 11.9. The van der Waals surface area contributed by atoms with Crippen LogP contribution in [0.3, 0.4) is 0 Å². The number of aryl methyl sites for hydroxylation is 2. The first-order chi connectivity index (χ1) is 12.0. The van der Waals surface area contributed by atoms with Gasteiger partial charge in [-0.25, -0.2) is 14.8 Å². The normalized spacial score (nSPS) is 12.8. The Balaban J connectivity index is 2.00. The molecule has 0 saturated heterocycles. The second kappa shape index (κ2) is 8.56. The lowest BCUT2D eigenvalue weighted by molar-refractivity contribution is 0.0531. The average molecular weight is 365 g/mol. The molecule has 0 aromatic carbocycles. The number of aliphatic imine (C=N–C) groups is 1. The molecule has 10 heteroatoms. The summed E-state index contributed by atoms with van der Waals surface area (Å²) in [4.78, 5) is 25.3. The molecule has 0 aliphatic rings. The number of nitrogens with one attached hydrogen (secondary N) is 2. The Morgan fingerprint density at radius 2 is 2.28 bits per heavy atom. The average Bonchev–Trinajstić information content (AvgIpc) is 3.17. The summed E-state index contributed by atoms with van der Waals surface area (Å²) < 4.78 is 6.75. The van der Waals surface area contributed by atoms with Crippen molar-refractivity contribution >= 4 is 23.3 Å². The Bertz CT molecular complexity index is 753. The van der Waals surface area contributed by atoms with E-state index in [0.717, 1.165) is 10.8 Å². The molecule has 0 bridgehead atoms. The quantitative estimate of drug-likeness (QED) is 0.450. The van der Waals surface area contributed by atoms with E-state index in [4.69, 9.17) is 4.74 Å². The van der Waals surface area contributed by atoms with Crippen LogP contribution in [0.1, 0.15) is 46.1 Å². The van der Waals surface area contributed by atoms with Crippen LogP contribution in [0, 0.1) is 6.92 Å². The number of carbonyl (C=O) groups is 1. The highest BCUT2D eigenvalue weighted by molar-refractivity contribution is 7.13. The molecule has 0 radical (unpaired) electrons. The van der Waals surface area contributed by atoms with Crippen LogP contribution < -0.4 is 10.6 Å². The van der Waals surface area contributed by atoms with Crippen molar-refractivity contribution in [2.45, 2.75) is 33.4 Å². The summed E-state index contributed by atoms with van der Waals surface area (Å²) in [5, 5.41) is 11.3. The molecule has 136 valence electrons. The van der Waals surface area contributed by atoms with Crippen molar-refractivity contribution in [3.63, 3.8) is 0 Å². The van der Waals surface area contributed by atoms with Crippen LogP contribution in [-0.2, 0) is 18.3 Å².